The molecule has 0 bridgehead atoms. The Kier molecular flexibility index (Phi) is 8.62. The number of carbonyl (C=O) groups excluding carboxylic acids is 1. The molecule has 1 fully saturated rings. The van der Waals surface area contributed by atoms with Crippen LogP contribution in [0.2, 0.25) is 0 Å². The summed E-state index contributed by atoms with van der Waals surface area (Å²) in [5.74, 6) is 0.406. The number of halogens is 1. The smallest absolute Gasteiger partial charge is 0.340 e. The molecule has 0 aromatic heterocycles. The summed E-state index contributed by atoms with van der Waals surface area (Å²) in [7, 11) is 1.57. The molecule has 0 saturated carbocycles. The highest BCUT2D eigenvalue weighted by atomic mass is 19.1. The zero-order valence-electron chi connectivity index (χ0n) is 20.6. The Labute approximate surface area is 210 Å². The monoisotopic (exact) mass is 494 g/mol. The van der Waals surface area contributed by atoms with E-state index < -0.39 is 0 Å². The van der Waals surface area contributed by atoms with Gasteiger partial charge in [0.1, 0.15) is 12.4 Å². The molecule has 0 aliphatic carbocycles. The number of benzene rings is 3. The number of nitrogens with one attached hydrogen (secondary N) is 1. The van der Waals surface area contributed by atoms with Gasteiger partial charge in [-0.1, -0.05) is 30.3 Å². The lowest BCUT2D eigenvalue weighted by Gasteiger charge is -2.30. The van der Waals surface area contributed by atoms with E-state index in [9.17, 15) is 9.18 Å². The number of carbonyl (C=O) groups is 1. The standard InChI is InChI=1S/C28H31FN2O5/c1-3-35-28(32)23-17-22(11-12-25(23)31-13-15-34-16-14-31)30-18-20-8-6-10-26(33-2)27(20)36-19-21-7-4-5-9-24(21)29/h4-12,17,30H,3,13-16,18-19H2,1-2H3. The number of para-hydroxylation sites is 1. The first-order chi connectivity index (χ1) is 17.6. The average Bonchev–Trinajstić information content (AvgIpc) is 2.92. The summed E-state index contributed by atoms with van der Waals surface area (Å²) >= 11 is 0. The minimum atomic E-state index is -0.363. The van der Waals surface area contributed by atoms with Crippen molar-refractivity contribution in [1.82, 2.24) is 0 Å². The second-order valence-corrected chi connectivity index (χ2v) is 8.23. The molecule has 4 rings (SSSR count). The van der Waals surface area contributed by atoms with Crippen LogP contribution in [0.15, 0.2) is 60.7 Å². The van der Waals surface area contributed by atoms with Crippen LogP contribution in [0.25, 0.3) is 0 Å². The van der Waals surface area contributed by atoms with Gasteiger partial charge in [-0.05, 0) is 37.3 Å². The normalized spacial score (nSPS) is 13.2. The molecule has 0 atom stereocenters. The summed E-state index contributed by atoms with van der Waals surface area (Å²) in [5.41, 5.74) is 3.39. The molecule has 8 heteroatoms. The quantitative estimate of drug-likeness (QED) is 0.396. The van der Waals surface area contributed by atoms with Gasteiger partial charge in [0.2, 0.25) is 0 Å². The van der Waals surface area contributed by atoms with E-state index >= 15 is 0 Å². The Bertz CT molecular complexity index is 1180. The highest BCUT2D eigenvalue weighted by Gasteiger charge is 2.20. The maximum Gasteiger partial charge on any atom is 0.340 e. The Morgan fingerprint density at radius 2 is 1.83 bits per heavy atom. The van der Waals surface area contributed by atoms with Crippen molar-refractivity contribution in [3.63, 3.8) is 0 Å². The fraction of sp³-hybridized carbons (Fsp3) is 0.321. The predicted molar refractivity (Wildman–Crippen MR) is 136 cm³/mol. The van der Waals surface area contributed by atoms with Crippen molar-refractivity contribution in [2.24, 2.45) is 0 Å². The van der Waals surface area contributed by atoms with Gasteiger partial charge in [-0.3, -0.25) is 0 Å². The molecule has 7 nitrogen and oxygen atoms in total. The van der Waals surface area contributed by atoms with Gasteiger partial charge in [0.15, 0.2) is 11.5 Å². The highest BCUT2D eigenvalue weighted by molar-refractivity contribution is 5.97. The fourth-order valence-electron chi connectivity index (χ4n) is 4.09. The topological polar surface area (TPSA) is 69.3 Å². The van der Waals surface area contributed by atoms with E-state index in [0.717, 1.165) is 16.9 Å². The largest absolute Gasteiger partial charge is 0.493 e. The number of morpholine rings is 1. The number of rotatable bonds is 10. The van der Waals surface area contributed by atoms with Gasteiger partial charge in [-0.15, -0.1) is 0 Å². The molecule has 36 heavy (non-hydrogen) atoms. The van der Waals surface area contributed by atoms with Gasteiger partial charge >= 0.3 is 5.97 Å². The Hall–Kier alpha value is -3.78. The first-order valence-electron chi connectivity index (χ1n) is 12.0. The fourth-order valence-corrected chi connectivity index (χ4v) is 4.09. The Balaban J connectivity index is 1.54. The summed E-state index contributed by atoms with van der Waals surface area (Å²) in [5, 5.41) is 3.37. The molecule has 0 radical (unpaired) electrons. The van der Waals surface area contributed by atoms with Crippen LogP contribution >= 0.6 is 0 Å². The number of ether oxygens (including phenoxy) is 4. The van der Waals surface area contributed by atoms with Crippen LogP contribution < -0.4 is 19.7 Å². The second-order valence-electron chi connectivity index (χ2n) is 8.23. The average molecular weight is 495 g/mol. The van der Waals surface area contributed by atoms with Gasteiger partial charge in [-0.25, -0.2) is 9.18 Å². The molecule has 3 aromatic rings. The molecular weight excluding hydrogens is 463 g/mol. The van der Waals surface area contributed by atoms with Crippen LogP contribution in [0.4, 0.5) is 15.8 Å². The van der Waals surface area contributed by atoms with Crippen LogP contribution in [-0.2, 0) is 22.6 Å². The van der Waals surface area contributed by atoms with Crippen molar-refractivity contribution in [2.75, 3.05) is 50.2 Å². The second kappa shape index (κ2) is 12.3. The van der Waals surface area contributed by atoms with Gasteiger partial charge in [0, 0.05) is 36.4 Å². The van der Waals surface area contributed by atoms with Crippen molar-refractivity contribution in [3.05, 3.63) is 83.2 Å². The molecule has 3 aromatic carbocycles. The zero-order chi connectivity index (χ0) is 25.3. The van der Waals surface area contributed by atoms with Crippen LogP contribution in [0.3, 0.4) is 0 Å². The zero-order valence-corrected chi connectivity index (χ0v) is 20.6. The van der Waals surface area contributed by atoms with E-state index in [4.69, 9.17) is 18.9 Å². The molecule has 1 heterocycles. The minimum absolute atomic E-state index is 0.0707. The molecular formula is C28H31FN2O5. The molecule has 1 aliphatic rings. The van der Waals surface area contributed by atoms with Crippen molar-refractivity contribution < 1.29 is 28.1 Å². The highest BCUT2D eigenvalue weighted by Crippen LogP contribution is 2.33. The first kappa shape index (κ1) is 25.3. The first-order valence-corrected chi connectivity index (χ1v) is 12.0. The molecule has 0 unspecified atom stereocenters. The summed E-state index contributed by atoms with van der Waals surface area (Å²) in [6, 6.07) is 17.8. The van der Waals surface area contributed by atoms with Crippen LogP contribution in [0.1, 0.15) is 28.4 Å². The number of hydrogen-bond acceptors (Lipinski definition) is 7. The SMILES string of the molecule is CCOC(=O)c1cc(NCc2cccc(OC)c2OCc2ccccc2F)ccc1N1CCOCC1. The summed E-state index contributed by atoms with van der Waals surface area (Å²) in [6.45, 7) is 5.23. The molecule has 0 spiro atoms. The Morgan fingerprint density at radius 3 is 2.58 bits per heavy atom. The number of anilines is 2. The molecule has 1 N–H and O–H groups in total. The van der Waals surface area contributed by atoms with E-state index in [-0.39, 0.29) is 18.4 Å². The van der Waals surface area contributed by atoms with Crippen molar-refractivity contribution in [1.29, 1.82) is 0 Å². The van der Waals surface area contributed by atoms with E-state index in [0.29, 0.717) is 62.1 Å². The van der Waals surface area contributed by atoms with Crippen molar-refractivity contribution in [3.8, 4) is 11.5 Å². The molecule has 1 saturated heterocycles. The van der Waals surface area contributed by atoms with Gasteiger partial charge in [-0.2, -0.15) is 0 Å². The third-order valence-electron chi connectivity index (χ3n) is 5.94. The summed E-state index contributed by atoms with van der Waals surface area (Å²) in [6.07, 6.45) is 0. The summed E-state index contributed by atoms with van der Waals surface area (Å²) in [4.78, 5) is 14.9. The minimum Gasteiger partial charge on any atom is -0.493 e. The molecule has 1 aliphatic heterocycles. The number of methoxy groups -OCH3 is 1. The Morgan fingerprint density at radius 1 is 1.06 bits per heavy atom. The van der Waals surface area contributed by atoms with Gasteiger partial charge < -0.3 is 29.2 Å². The number of nitrogens with zero attached hydrogens (tertiary/aromatic N) is 1. The third-order valence-corrected chi connectivity index (χ3v) is 5.94. The lowest BCUT2D eigenvalue weighted by Crippen LogP contribution is -2.37. The van der Waals surface area contributed by atoms with E-state index in [2.05, 4.69) is 10.2 Å². The van der Waals surface area contributed by atoms with E-state index in [1.807, 2.05) is 30.3 Å². The maximum absolute atomic E-state index is 14.1. The van der Waals surface area contributed by atoms with Crippen molar-refractivity contribution in [2.45, 2.75) is 20.1 Å². The lowest BCUT2D eigenvalue weighted by atomic mass is 10.1. The summed E-state index contributed by atoms with van der Waals surface area (Å²) < 4.78 is 36.4. The van der Waals surface area contributed by atoms with Crippen molar-refractivity contribution >= 4 is 17.3 Å². The molecule has 0 amide bonds. The van der Waals surface area contributed by atoms with Gasteiger partial charge in [0.05, 0.1) is 38.2 Å². The third kappa shape index (κ3) is 6.07. The van der Waals surface area contributed by atoms with E-state index in [1.54, 1.807) is 38.3 Å². The maximum atomic E-state index is 14.1. The number of esters is 1. The van der Waals surface area contributed by atoms with Crippen LogP contribution in [0.5, 0.6) is 11.5 Å². The number of hydrogen-bond donors (Lipinski definition) is 1. The lowest BCUT2D eigenvalue weighted by molar-refractivity contribution is 0.0526. The van der Waals surface area contributed by atoms with Gasteiger partial charge in [0.25, 0.3) is 0 Å². The van der Waals surface area contributed by atoms with Crippen LogP contribution in [-0.4, -0.2) is 46.0 Å². The predicted octanol–water partition coefficient (Wildman–Crippen LogP) is 5.04. The van der Waals surface area contributed by atoms with E-state index in [1.165, 1.54) is 6.07 Å². The molecule has 190 valence electrons. The van der Waals surface area contributed by atoms with Crippen LogP contribution in [0, 0.1) is 5.82 Å².